The van der Waals surface area contributed by atoms with E-state index in [4.69, 9.17) is 4.74 Å². The summed E-state index contributed by atoms with van der Waals surface area (Å²) in [5.74, 6) is -2.16. The Morgan fingerprint density at radius 1 is 1.17 bits per heavy atom. The van der Waals surface area contributed by atoms with Gasteiger partial charge in [-0.25, -0.2) is 13.6 Å². The molecule has 150 valence electrons. The summed E-state index contributed by atoms with van der Waals surface area (Å²) in [6.07, 6.45) is 0. The summed E-state index contributed by atoms with van der Waals surface area (Å²) in [5, 5.41) is 2.55. The molecule has 0 aliphatic carbocycles. The molecule has 2 aliphatic rings. The van der Waals surface area contributed by atoms with Crippen LogP contribution in [0.1, 0.15) is 12.5 Å². The van der Waals surface area contributed by atoms with Crippen molar-refractivity contribution in [1.82, 2.24) is 10.2 Å². The normalized spacial score (nSPS) is 20.9. The maximum atomic E-state index is 14.3. The number of anilines is 1. The molecule has 2 aromatic rings. The van der Waals surface area contributed by atoms with Gasteiger partial charge in [-0.1, -0.05) is 18.2 Å². The van der Waals surface area contributed by atoms with Crippen molar-refractivity contribution in [3.63, 3.8) is 0 Å². The van der Waals surface area contributed by atoms with E-state index in [1.54, 1.807) is 0 Å². The highest BCUT2D eigenvalue weighted by Crippen LogP contribution is 2.35. The average Bonchev–Trinajstić information content (AvgIpc) is 2.92. The smallest absolute Gasteiger partial charge is 0.325 e. The van der Waals surface area contributed by atoms with Gasteiger partial charge in [-0.3, -0.25) is 14.5 Å². The highest BCUT2D eigenvalue weighted by molar-refractivity contribution is 6.10. The molecule has 1 saturated heterocycles. The number of nitrogens with zero attached hydrogens (tertiary/aromatic N) is 2. The van der Waals surface area contributed by atoms with Gasteiger partial charge in [0.2, 0.25) is 5.91 Å². The van der Waals surface area contributed by atoms with E-state index < -0.39 is 41.6 Å². The first kappa shape index (κ1) is 18.9. The van der Waals surface area contributed by atoms with Crippen molar-refractivity contribution in [3.8, 4) is 5.75 Å². The average molecular weight is 401 g/mol. The van der Waals surface area contributed by atoms with Gasteiger partial charge >= 0.3 is 6.03 Å². The second-order valence-corrected chi connectivity index (χ2v) is 6.93. The summed E-state index contributed by atoms with van der Waals surface area (Å²) in [7, 11) is 0. The second kappa shape index (κ2) is 6.84. The van der Waals surface area contributed by atoms with Gasteiger partial charge in [0, 0.05) is 0 Å². The van der Waals surface area contributed by atoms with Crippen molar-refractivity contribution in [2.24, 2.45) is 0 Å². The Hall–Kier alpha value is -3.49. The number of nitrogens with one attached hydrogen (secondary N) is 1. The predicted octanol–water partition coefficient (Wildman–Crippen LogP) is 2.16. The van der Waals surface area contributed by atoms with Gasteiger partial charge in [0.05, 0.1) is 6.54 Å². The van der Waals surface area contributed by atoms with Crippen LogP contribution < -0.4 is 15.0 Å². The fraction of sp³-hybridized carbons (Fsp3) is 0.250. The molecule has 0 bridgehead atoms. The Bertz CT molecular complexity index is 1010. The number of rotatable bonds is 3. The largest absolute Gasteiger partial charge is 0.489 e. The minimum Gasteiger partial charge on any atom is -0.489 e. The summed E-state index contributed by atoms with van der Waals surface area (Å²) in [5.41, 5.74) is -1.06. The van der Waals surface area contributed by atoms with Gasteiger partial charge in [-0.2, -0.15) is 0 Å². The molecule has 7 nitrogen and oxygen atoms in total. The number of amides is 4. The van der Waals surface area contributed by atoms with Crippen LogP contribution in [0.3, 0.4) is 0 Å². The molecule has 1 fully saturated rings. The third-order valence-corrected chi connectivity index (χ3v) is 5.08. The maximum Gasteiger partial charge on any atom is 0.325 e. The van der Waals surface area contributed by atoms with Crippen molar-refractivity contribution in [2.75, 3.05) is 24.6 Å². The van der Waals surface area contributed by atoms with E-state index in [9.17, 15) is 23.2 Å². The fourth-order valence-corrected chi connectivity index (χ4v) is 3.52. The van der Waals surface area contributed by atoms with Crippen LogP contribution in [0, 0.1) is 11.6 Å². The highest BCUT2D eigenvalue weighted by atomic mass is 19.1. The summed E-state index contributed by atoms with van der Waals surface area (Å²) in [6.45, 7) is 1.17. The van der Waals surface area contributed by atoms with Gasteiger partial charge in [-0.05, 0) is 36.8 Å². The van der Waals surface area contributed by atoms with E-state index in [2.05, 4.69) is 5.32 Å². The van der Waals surface area contributed by atoms with Crippen molar-refractivity contribution in [2.45, 2.75) is 12.5 Å². The minimum absolute atomic E-state index is 0.0166. The van der Waals surface area contributed by atoms with Crippen molar-refractivity contribution >= 4 is 23.5 Å². The molecule has 1 atom stereocenters. The molecule has 2 heterocycles. The Labute approximate surface area is 164 Å². The summed E-state index contributed by atoms with van der Waals surface area (Å²) in [6, 6.07) is 8.61. The van der Waals surface area contributed by atoms with Crippen molar-refractivity contribution in [1.29, 1.82) is 0 Å². The second-order valence-electron chi connectivity index (χ2n) is 6.93. The van der Waals surface area contributed by atoms with E-state index in [0.29, 0.717) is 5.56 Å². The zero-order chi connectivity index (χ0) is 20.8. The lowest BCUT2D eigenvalue weighted by Gasteiger charge is -2.30. The van der Waals surface area contributed by atoms with E-state index >= 15 is 0 Å². The first-order valence-electron chi connectivity index (χ1n) is 8.93. The molecule has 1 N–H and O–H groups in total. The maximum absolute atomic E-state index is 14.3. The monoisotopic (exact) mass is 401 g/mol. The number of hydrogen-bond acceptors (Lipinski definition) is 4. The third kappa shape index (κ3) is 3.08. The molecule has 9 heteroatoms. The zero-order valence-corrected chi connectivity index (χ0v) is 15.4. The number of carbonyl (C=O) groups excluding carboxylic acids is 3. The Morgan fingerprint density at radius 2 is 1.90 bits per heavy atom. The molecule has 0 aromatic heterocycles. The predicted molar refractivity (Wildman–Crippen MR) is 98.2 cm³/mol. The molecular formula is C20H17F2N3O4. The van der Waals surface area contributed by atoms with E-state index in [0.717, 1.165) is 4.90 Å². The van der Waals surface area contributed by atoms with Crippen LogP contribution in [0.25, 0.3) is 0 Å². The summed E-state index contributed by atoms with van der Waals surface area (Å²) in [4.78, 5) is 40.1. The highest BCUT2D eigenvalue weighted by Gasteiger charge is 2.50. The molecule has 0 spiro atoms. The van der Waals surface area contributed by atoms with Crippen LogP contribution in [0.2, 0.25) is 0 Å². The fourth-order valence-electron chi connectivity index (χ4n) is 3.52. The number of carbonyl (C=O) groups is 3. The van der Waals surface area contributed by atoms with Gasteiger partial charge in [0.25, 0.3) is 5.91 Å². The van der Waals surface area contributed by atoms with Gasteiger partial charge in [0.1, 0.15) is 35.9 Å². The van der Waals surface area contributed by atoms with Crippen LogP contribution in [-0.2, 0) is 15.1 Å². The minimum atomic E-state index is -1.43. The van der Waals surface area contributed by atoms with Crippen LogP contribution in [0.5, 0.6) is 5.75 Å². The molecule has 4 rings (SSSR count). The van der Waals surface area contributed by atoms with Crippen LogP contribution in [-0.4, -0.2) is 42.4 Å². The topological polar surface area (TPSA) is 79.0 Å². The van der Waals surface area contributed by atoms with Gasteiger partial charge < -0.3 is 15.0 Å². The number of ether oxygens (including phenoxy) is 1. The van der Waals surface area contributed by atoms with E-state index in [-0.39, 0.29) is 24.6 Å². The molecule has 29 heavy (non-hydrogen) atoms. The number of para-hydroxylation sites is 1. The number of benzene rings is 2. The third-order valence-electron chi connectivity index (χ3n) is 5.08. The van der Waals surface area contributed by atoms with E-state index in [1.807, 2.05) is 0 Å². The lowest BCUT2D eigenvalue weighted by molar-refractivity contribution is -0.134. The number of hydrogen-bond donors (Lipinski definition) is 1. The number of urea groups is 1. The Morgan fingerprint density at radius 3 is 2.62 bits per heavy atom. The molecule has 2 aromatic carbocycles. The molecule has 0 saturated carbocycles. The lowest BCUT2D eigenvalue weighted by Crippen LogP contribution is -2.47. The quantitative estimate of drug-likeness (QED) is 0.800. The van der Waals surface area contributed by atoms with E-state index in [1.165, 1.54) is 54.3 Å². The first-order chi connectivity index (χ1) is 13.8. The molecule has 0 radical (unpaired) electrons. The number of imide groups is 1. The summed E-state index contributed by atoms with van der Waals surface area (Å²) < 4.78 is 32.8. The van der Waals surface area contributed by atoms with Crippen LogP contribution in [0.4, 0.5) is 19.3 Å². The van der Waals surface area contributed by atoms with Crippen molar-refractivity contribution < 1.29 is 27.9 Å². The van der Waals surface area contributed by atoms with Crippen LogP contribution >= 0.6 is 0 Å². The molecule has 0 unspecified atom stereocenters. The van der Waals surface area contributed by atoms with Crippen molar-refractivity contribution in [3.05, 3.63) is 59.7 Å². The number of halogens is 2. The SMILES string of the molecule is C[C@]1(c2ccc(F)cc2)NC(=O)N(CC(=O)N2CCOc3cccc(F)c32)C1=O. The molecule has 4 amide bonds. The van der Waals surface area contributed by atoms with Gasteiger partial charge in [0.15, 0.2) is 5.82 Å². The summed E-state index contributed by atoms with van der Waals surface area (Å²) >= 11 is 0. The van der Waals surface area contributed by atoms with Gasteiger partial charge in [-0.15, -0.1) is 0 Å². The standard InChI is InChI=1S/C20H17F2N3O4/c1-20(12-5-7-13(21)8-6-12)18(27)25(19(28)23-20)11-16(26)24-9-10-29-15-4-2-3-14(22)17(15)24/h2-8H,9-11H2,1H3,(H,23,28)/t20-/m1/s1. The lowest BCUT2D eigenvalue weighted by atomic mass is 9.92. The Balaban J connectivity index is 1.58. The number of fused-ring (bicyclic) bond motifs is 1. The molecule has 2 aliphatic heterocycles. The van der Waals surface area contributed by atoms with Crippen LogP contribution in [0.15, 0.2) is 42.5 Å². The molecular weight excluding hydrogens is 384 g/mol. The zero-order valence-electron chi connectivity index (χ0n) is 15.4. The first-order valence-corrected chi connectivity index (χ1v) is 8.93. The Kier molecular flexibility index (Phi) is 4.45.